The molecule has 0 aliphatic rings. The molecule has 14 nitrogen and oxygen atoms in total. The summed E-state index contributed by atoms with van der Waals surface area (Å²) >= 11 is 0. The van der Waals surface area contributed by atoms with Crippen LogP contribution in [0.5, 0.6) is 0 Å². The van der Waals surface area contributed by atoms with Crippen LogP contribution in [0.15, 0.2) is 0 Å². The Labute approximate surface area is 247 Å². The molecule has 0 fully saturated rings. The first-order valence-electron chi connectivity index (χ1n) is 14.4. The van der Waals surface area contributed by atoms with E-state index >= 15 is 0 Å². The second-order valence-electron chi connectivity index (χ2n) is 9.51. The van der Waals surface area contributed by atoms with Crippen molar-refractivity contribution < 1.29 is 57.9 Å². The molecule has 2 atom stereocenters. The van der Waals surface area contributed by atoms with E-state index in [4.69, 9.17) is 18.9 Å². The van der Waals surface area contributed by atoms with Gasteiger partial charge in [0, 0.05) is 59.1 Å². The lowest BCUT2D eigenvalue weighted by Crippen LogP contribution is -2.44. The van der Waals surface area contributed by atoms with Crippen LogP contribution in [-0.2, 0) is 47.7 Å². The number of methoxy groups -OCH3 is 1. The highest BCUT2D eigenvalue weighted by atomic mass is 16.5. The number of rotatable bonds is 26. The van der Waals surface area contributed by atoms with Gasteiger partial charge in [0.15, 0.2) is 0 Å². The second-order valence-corrected chi connectivity index (χ2v) is 9.51. The van der Waals surface area contributed by atoms with Crippen LogP contribution in [0.4, 0.5) is 0 Å². The standard InChI is InChI=1S/C28H48N2O12/c1-5-22(32)26(36)40-16-8-12-29(13-9-17-41-27(37)23(33)6-2)15-11-25(35)30(19-21(31)20-39-4)14-10-18-42-28(38)24(34)7-3/h21,25,31,35H,5-20H2,1-4H3. The molecular formula is C28H48N2O12. The van der Waals surface area contributed by atoms with E-state index in [1.165, 1.54) is 7.11 Å². The van der Waals surface area contributed by atoms with E-state index in [2.05, 4.69) is 0 Å². The van der Waals surface area contributed by atoms with Crippen LogP contribution in [0, 0.1) is 0 Å². The zero-order chi connectivity index (χ0) is 31.9. The Kier molecular flexibility index (Phi) is 22.2. The van der Waals surface area contributed by atoms with E-state index in [0.29, 0.717) is 38.9 Å². The molecule has 0 spiro atoms. The molecule has 0 radical (unpaired) electrons. The number of ether oxygens (including phenoxy) is 4. The van der Waals surface area contributed by atoms with Gasteiger partial charge in [-0.1, -0.05) is 20.8 Å². The molecule has 2 unspecified atom stereocenters. The molecule has 242 valence electrons. The van der Waals surface area contributed by atoms with Gasteiger partial charge >= 0.3 is 17.9 Å². The third-order valence-electron chi connectivity index (χ3n) is 6.10. The summed E-state index contributed by atoms with van der Waals surface area (Å²) in [6.45, 7) is 6.36. The Balaban J connectivity index is 5.10. The van der Waals surface area contributed by atoms with Gasteiger partial charge in [0.1, 0.15) is 6.23 Å². The fraction of sp³-hybridized carbons (Fsp3) is 0.786. The fourth-order valence-electron chi connectivity index (χ4n) is 3.71. The smallest absolute Gasteiger partial charge is 0.374 e. The van der Waals surface area contributed by atoms with Gasteiger partial charge in [0.2, 0.25) is 17.3 Å². The Bertz CT molecular complexity index is 815. The average Bonchev–Trinajstić information content (AvgIpc) is 2.98. The summed E-state index contributed by atoms with van der Waals surface area (Å²) < 4.78 is 19.9. The molecule has 14 heteroatoms. The van der Waals surface area contributed by atoms with Gasteiger partial charge < -0.3 is 34.1 Å². The lowest BCUT2D eigenvalue weighted by Gasteiger charge is -2.31. The Morgan fingerprint density at radius 1 is 0.643 bits per heavy atom. The SMILES string of the molecule is CCC(=O)C(=O)OCCCN(CCCOC(=O)C(=O)CC)CCC(O)N(CCCOC(=O)C(=O)CC)CC(O)COC. The van der Waals surface area contributed by atoms with Gasteiger partial charge in [-0.15, -0.1) is 0 Å². The first-order chi connectivity index (χ1) is 20.0. The Hall–Kier alpha value is -2.78. The summed E-state index contributed by atoms with van der Waals surface area (Å²) in [7, 11) is 1.44. The minimum atomic E-state index is -0.994. The summed E-state index contributed by atoms with van der Waals surface area (Å²) in [5, 5.41) is 21.2. The van der Waals surface area contributed by atoms with Crippen LogP contribution in [0.3, 0.4) is 0 Å². The van der Waals surface area contributed by atoms with E-state index in [9.17, 15) is 39.0 Å². The molecule has 0 saturated carbocycles. The second kappa shape index (κ2) is 23.7. The average molecular weight is 605 g/mol. The minimum Gasteiger partial charge on any atom is -0.460 e. The van der Waals surface area contributed by atoms with Crippen LogP contribution in [0.1, 0.15) is 65.7 Å². The summed E-state index contributed by atoms with van der Waals surface area (Å²) in [6, 6.07) is 0. The number of ketones is 3. The molecule has 2 N–H and O–H groups in total. The van der Waals surface area contributed by atoms with E-state index in [0.717, 1.165) is 0 Å². The van der Waals surface area contributed by atoms with Gasteiger partial charge in [-0.3, -0.25) is 19.3 Å². The van der Waals surface area contributed by atoms with Crippen molar-refractivity contribution in [2.45, 2.75) is 78.0 Å². The van der Waals surface area contributed by atoms with Gasteiger partial charge in [-0.2, -0.15) is 0 Å². The van der Waals surface area contributed by atoms with Crippen LogP contribution in [0.25, 0.3) is 0 Å². The van der Waals surface area contributed by atoms with Crippen LogP contribution in [-0.4, -0.2) is 134 Å². The monoisotopic (exact) mass is 604 g/mol. The summed E-state index contributed by atoms with van der Waals surface area (Å²) in [4.78, 5) is 72.6. The predicted octanol–water partition coefficient (Wildman–Crippen LogP) is 0.0434. The number of nitrogens with zero attached hydrogens (tertiary/aromatic N) is 2. The molecular weight excluding hydrogens is 556 g/mol. The number of carbonyl (C=O) groups is 6. The topological polar surface area (TPSA) is 186 Å². The summed E-state index contributed by atoms with van der Waals surface area (Å²) in [6.07, 6.45) is -0.354. The van der Waals surface area contributed by atoms with Crippen molar-refractivity contribution in [1.82, 2.24) is 9.80 Å². The summed E-state index contributed by atoms with van der Waals surface area (Å²) in [5.41, 5.74) is 0. The number of aliphatic hydroxyl groups excluding tert-OH is 2. The number of hydrogen-bond acceptors (Lipinski definition) is 14. The molecule has 42 heavy (non-hydrogen) atoms. The van der Waals surface area contributed by atoms with Crippen LogP contribution in [0.2, 0.25) is 0 Å². The van der Waals surface area contributed by atoms with Crippen molar-refractivity contribution in [3.05, 3.63) is 0 Å². The lowest BCUT2D eigenvalue weighted by molar-refractivity contribution is -0.154. The molecule has 0 aliphatic carbocycles. The van der Waals surface area contributed by atoms with Crippen molar-refractivity contribution in [2.24, 2.45) is 0 Å². The molecule has 0 heterocycles. The van der Waals surface area contributed by atoms with Crippen LogP contribution >= 0.6 is 0 Å². The minimum absolute atomic E-state index is 0.0260. The van der Waals surface area contributed by atoms with E-state index in [-0.39, 0.29) is 65.2 Å². The van der Waals surface area contributed by atoms with Crippen molar-refractivity contribution in [3.63, 3.8) is 0 Å². The maximum Gasteiger partial charge on any atom is 0.374 e. The van der Waals surface area contributed by atoms with Crippen molar-refractivity contribution in [3.8, 4) is 0 Å². The molecule has 0 aromatic rings. The molecule has 0 saturated heterocycles. The highest BCUT2D eigenvalue weighted by Gasteiger charge is 2.21. The molecule has 0 aromatic heterocycles. The van der Waals surface area contributed by atoms with Crippen molar-refractivity contribution >= 4 is 35.3 Å². The molecule has 0 bridgehead atoms. The largest absolute Gasteiger partial charge is 0.460 e. The number of carbonyl (C=O) groups excluding carboxylic acids is 6. The fourth-order valence-corrected chi connectivity index (χ4v) is 3.71. The highest BCUT2D eigenvalue weighted by molar-refractivity contribution is 6.34. The quantitative estimate of drug-likeness (QED) is 0.0443. The van der Waals surface area contributed by atoms with Gasteiger partial charge in [-0.05, 0) is 25.7 Å². The third-order valence-corrected chi connectivity index (χ3v) is 6.10. The maximum absolute atomic E-state index is 11.6. The van der Waals surface area contributed by atoms with E-state index in [1.54, 1.807) is 25.7 Å². The summed E-state index contributed by atoms with van der Waals surface area (Å²) in [5.74, 6) is -4.53. The lowest BCUT2D eigenvalue weighted by atomic mass is 10.2. The maximum atomic E-state index is 11.6. The van der Waals surface area contributed by atoms with Gasteiger partial charge in [0.25, 0.3) is 0 Å². The Morgan fingerprint density at radius 2 is 1.05 bits per heavy atom. The number of hydrogen-bond donors (Lipinski definition) is 2. The number of esters is 3. The zero-order valence-electron chi connectivity index (χ0n) is 25.3. The van der Waals surface area contributed by atoms with Crippen molar-refractivity contribution in [2.75, 3.05) is 66.3 Å². The first-order valence-corrected chi connectivity index (χ1v) is 14.4. The third kappa shape index (κ3) is 17.9. The van der Waals surface area contributed by atoms with Crippen molar-refractivity contribution in [1.29, 1.82) is 0 Å². The molecule has 0 amide bonds. The first kappa shape index (κ1) is 39.2. The number of aliphatic hydroxyl groups is 2. The molecule has 0 aliphatic heterocycles. The van der Waals surface area contributed by atoms with E-state index < -0.39 is 47.6 Å². The van der Waals surface area contributed by atoms with Gasteiger partial charge in [0.05, 0.1) is 32.5 Å². The predicted molar refractivity (Wildman–Crippen MR) is 149 cm³/mol. The molecule has 0 rings (SSSR count). The van der Waals surface area contributed by atoms with E-state index in [1.807, 2.05) is 4.90 Å². The normalized spacial score (nSPS) is 12.6. The van der Waals surface area contributed by atoms with Crippen LogP contribution < -0.4 is 0 Å². The Morgan fingerprint density at radius 3 is 1.43 bits per heavy atom. The highest BCUT2D eigenvalue weighted by Crippen LogP contribution is 2.08. The number of Topliss-reactive ketones (excluding diaryl/α,β-unsaturated/α-hetero) is 3. The van der Waals surface area contributed by atoms with Gasteiger partial charge in [-0.25, -0.2) is 14.4 Å². The molecule has 0 aromatic carbocycles. The zero-order valence-corrected chi connectivity index (χ0v) is 25.3.